The summed E-state index contributed by atoms with van der Waals surface area (Å²) in [7, 11) is 12.0. The molecule has 9 aromatic rings. The van der Waals surface area contributed by atoms with Gasteiger partial charge < -0.3 is 82.0 Å². The fourth-order valence-electron chi connectivity index (χ4n) is 13.3. The van der Waals surface area contributed by atoms with Crippen LogP contribution in [0, 0.1) is 6.92 Å². The number of esters is 3. The minimum atomic E-state index is -0.501. The number of fused-ring (bicyclic) bond motifs is 3. The molecule has 3 amide bonds. The van der Waals surface area contributed by atoms with Crippen molar-refractivity contribution in [3.8, 4) is 23.4 Å². The summed E-state index contributed by atoms with van der Waals surface area (Å²) in [5, 5.41) is 13.1. The van der Waals surface area contributed by atoms with Gasteiger partial charge in [-0.1, -0.05) is 53.0 Å². The van der Waals surface area contributed by atoms with Crippen molar-refractivity contribution in [3.05, 3.63) is 177 Å². The Labute approximate surface area is 658 Å². The van der Waals surface area contributed by atoms with Crippen LogP contribution in [0.15, 0.2) is 132 Å². The van der Waals surface area contributed by atoms with Crippen molar-refractivity contribution in [2.45, 2.75) is 47.0 Å². The van der Waals surface area contributed by atoms with Crippen molar-refractivity contribution in [1.82, 2.24) is 44.4 Å². The molecule has 4 aromatic heterocycles. The molecule has 3 aliphatic heterocycles. The van der Waals surface area contributed by atoms with E-state index in [1.807, 2.05) is 104 Å². The number of aryl methyl sites for hydroxylation is 1. The van der Waals surface area contributed by atoms with E-state index < -0.39 is 17.9 Å². The molecule has 3 saturated heterocycles. The van der Waals surface area contributed by atoms with Crippen LogP contribution in [0.3, 0.4) is 0 Å². The molecule has 3 aliphatic rings. The highest BCUT2D eigenvalue weighted by atomic mass is 35.5. The van der Waals surface area contributed by atoms with E-state index in [9.17, 15) is 33.9 Å². The molecule has 111 heavy (non-hydrogen) atoms. The fourth-order valence-corrected chi connectivity index (χ4v) is 13.6. The summed E-state index contributed by atoms with van der Waals surface area (Å²) < 4.78 is 39.9. The van der Waals surface area contributed by atoms with Gasteiger partial charge in [0.05, 0.1) is 79.5 Å². The smallest absolute Gasteiger partial charge is 0.345 e. The lowest BCUT2D eigenvalue weighted by atomic mass is 10.0. The summed E-state index contributed by atoms with van der Waals surface area (Å²) in [6.07, 6.45) is 3.86. The molecular formula is C83H100Cl2N12O14. The Hall–Kier alpha value is -10.5. The number of anilines is 3. The zero-order chi connectivity index (χ0) is 79.3. The number of aromatic hydroxyl groups is 1. The highest BCUT2D eigenvalue weighted by molar-refractivity contribution is 6.31. The van der Waals surface area contributed by atoms with Crippen molar-refractivity contribution in [2.75, 3.05) is 195 Å². The molecule has 0 bridgehead atoms. The van der Waals surface area contributed by atoms with Gasteiger partial charge in [-0.3, -0.25) is 14.4 Å². The Balaban J connectivity index is 0.000000177. The number of para-hydroxylation sites is 1. The Bertz CT molecular complexity index is 4460. The standard InChI is InChI=1S/C29H36N4O5.C28H32Cl2N4O4.C26H32N4O5/c1-5-37-29(36)25-26(32-14-16-33(17-15-32)28(35)21-8-10-22(34)11-9-21)23-19-20(2)7-12-24(23)30-27(25)38-18-6-13-31(3)4;1-4-37-28(36)24-25(33-13-15-34(16-14-33)27(35)19-6-8-20(29)9-7-19)22-18-21(30)10-11-23(22)31-26(24)38-17-5-12-32(2)3;1-4-33-26(32)22-23(29-13-15-30(16-14-29)25(31)21-11-7-17-34-21)19-9-5-6-10-20(19)27-24(22)35-18-8-12-28(2)3/h7-12,19,34H,5-6,13-18H2,1-4H3;6-11,18H,4-5,12-17H2,1-3H3;5-7,9-11,17H,4,8,12-16,18H2,1-3H3. The largest absolute Gasteiger partial charge is 0.508 e. The average Bonchev–Trinajstić information content (AvgIpc) is 1.51. The van der Waals surface area contributed by atoms with Gasteiger partial charge in [0.25, 0.3) is 17.7 Å². The van der Waals surface area contributed by atoms with Gasteiger partial charge in [-0.2, -0.15) is 0 Å². The van der Waals surface area contributed by atoms with Gasteiger partial charge in [0.2, 0.25) is 17.6 Å². The van der Waals surface area contributed by atoms with E-state index in [-0.39, 0.29) is 66.5 Å². The first kappa shape index (κ1) is 83.0. The van der Waals surface area contributed by atoms with Crippen LogP contribution in [0.1, 0.15) is 108 Å². The molecule has 0 atom stereocenters. The van der Waals surface area contributed by atoms with Crippen LogP contribution in [-0.2, 0) is 14.2 Å². The topological polar surface area (TPSA) is 259 Å². The van der Waals surface area contributed by atoms with E-state index in [1.54, 1.807) is 90.1 Å². The molecule has 0 unspecified atom stereocenters. The summed E-state index contributed by atoms with van der Waals surface area (Å²) in [6.45, 7) is 17.9. The number of rotatable bonds is 27. The summed E-state index contributed by atoms with van der Waals surface area (Å²) >= 11 is 12.4. The van der Waals surface area contributed by atoms with Crippen molar-refractivity contribution in [3.63, 3.8) is 0 Å². The highest BCUT2D eigenvalue weighted by Gasteiger charge is 2.35. The third-order valence-corrected chi connectivity index (χ3v) is 19.3. The van der Waals surface area contributed by atoms with Crippen LogP contribution in [-0.4, -0.2) is 265 Å². The number of pyridine rings is 3. The van der Waals surface area contributed by atoms with Crippen LogP contribution in [0.5, 0.6) is 23.4 Å². The summed E-state index contributed by atoms with van der Waals surface area (Å²) in [5.74, 6) is -0.459. The molecule has 0 saturated carbocycles. The first-order valence-electron chi connectivity index (χ1n) is 37.6. The number of phenolic OH excluding ortho intramolecular Hbond substituents is 1. The number of furan rings is 1. The van der Waals surface area contributed by atoms with Gasteiger partial charge in [0, 0.05) is 136 Å². The van der Waals surface area contributed by atoms with Crippen LogP contribution in [0.4, 0.5) is 17.1 Å². The molecule has 0 aliphatic carbocycles. The van der Waals surface area contributed by atoms with E-state index in [1.165, 1.54) is 18.4 Å². The van der Waals surface area contributed by atoms with Crippen molar-refractivity contribution < 1.29 is 66.7 Å². The normalized spacial score (nSPS) is 13.8. The number of carbonyl (C=O) groups is 6. The molecule has 590 valence electrons. The monoisotopic (exact) mass is 1560 g/mol. The minimum Gasteiger partial charge on any atom is -0.508 e. The van der Waals surface area contributed by atoms with Gasteiger partial charge in [-0.25, -0.2) is 29.3 Å². The molecule has 26 nitrogen and oxygen atoms in total. The lowest BCUT2D eigenvalue weighted by Crippen LogP contribution is -2.49. The number of amides is 3. The van der Waals surface area contributed by atoms with E-state index in [2.05, 4.69) is 39.4 Å². The third-order valence-electron chi connectivity index (χ3n) is 18.8. The Morgan fingerprint density at radius 3 is 1.21 bits per heavy atom. The lowest BCUT2D eigenvalue weighted by Gasteiger charge is -2.37. The molecule has 0 radical (unpaired) electrons. The van der Waals surface area contributed by atoms with Crippen LogP contribution >= 0.6 is 23.2 Å². The molecule has 3 fully saturated rings. The number of halogens is 2. The molecule has 5 aromatic carbocycles. The van der Waals surface area contributed by atoms with E-state index in [4.69, 9.17) is 61.0 Å². The number of aromatic nitrogens is 3. The van der Waals surface area contributed by atoms with Gasteiger partial charge >= 0.3 is 17.9 Å². The fraction of sp³-hybridized carbons (Fsp3) is 0.410. The maximum Gasteiger partial charge on any atom is 0.345 e. The Kier molecular flexibility index (Phi) is 29.8. The maximum atomic E-state index is 13.3. The van der Waals surface area contributed by atoms with E-state index >= 15 is 0 Å². The van der Waals surface area contributed by atoms with Crippen LogP contribution in [0.25, 0.3) is 32.7 Å². The molecule has 28 heteroatoms. The number of hydrogen-bond acceptors (Lipinski definition) is 23. The second kappa shape index (κ2) is 39.9. The number of ether oxygens (including phenoxy) is 6. The van der Waals surface area contributed by atoms with Crippen molar-refractivity contribution >= 4 is 109 Å². The maximum absolute atomic E-state index is 13.3. The number of hydrogen-bond donors (Lipinski definition) is 1. The third kappa shape index (κ3) is 21.5. The Morgan fingerprint density at radius 2 is 0.802 bits per heavy atom. The Morgan fingerprint density at radius 1 is 0.432 bits per heavy atom. The summed E-state index contributed by atoms with van der Waals surface area (Å²) in [6, 6.07) is 35.6. The SMILES string of the molecule is CCOC(=O)c1c(OCCCN(C)C)nc2ccc(C)cc2c1N1CCN(C(=O)c2ccc(O)cc2)CC1.CCOC(=O)c1c(OCCCN(C)C)nc2ccc(Cl)cc2c1N1CCN(C(=O)c2ccc(Cl)cc2)CC1.CCOC(=O)c1c(OCCCN(C)C)nc2ccccc2c1N1CCN(C(=O)c2ccco2)CC1. The quantitative estimate of drug-likeness (QED) is 0.0285. The minimum absolute atomic E-state index is 0.0560. The first-order valence-corrected chi connectivity index (χ1v) is 38.4. The number of carbonyl (C=O) groups excluding carboxylic acids is 6. The zero-order valence-electron chi connectivity index (χ0n) is 65.0. The summed E-state index contributed by atoms with van der Waals surface area (Å²) in [5.41, 5.74) is 7.40. The van der Waals surface area contributed by atoms with Gasteiger partial charge in [0.15, 0.2) is 5.76 Å². The lowest BCUT2D eigenvalue weighted by molar-refractivity contribution is 0.0511. The highest BCUT2D eigenvalue weighted by Crippen LogP contribution is 2.41. The molecular weight excluding hydrogens is 1460 g/mol. The summed E-state index contributed by atoms with van der Waals surface area (Å²) in [4.78, 5) is 111. The van der Waals surface area contributed by atoms with Gasteiger partial charge in [0.1, 0.15) is 22.4 Å². The zero-order valence-corrected chi connectivity index (χ0v) is 66.5. The van der Waals surface area contributed by atoms with Gasteiger partial charge in [-0.05, 0) is 186 Å². The molecule has 12 rings (SSSR count). The average molecular weight is 1560 g/mol. The molecule has 1 N–H and O–H groups in total. The van der Waals surface area contributed by atoms with Gasteiger partial charge in [-0.15, -0.1) is 0 Å². The second-order valence-electron chi connectivity index (χ2n) is 27.7. The van der Waals surface area contributed by atoms with Crippen LogP contribution in [0.2, 0.25) is 10.0 Å². The predicted octanol–water partition coefficient (Wildman–Crippen LogP) is 12.0. The van der Waals surface area contributed by atoms with Crippen molar-refractivity contribution in [2.24, 2.45) is 0 Å². The molecule has 0 spiro atoms. The van der Waals surface area contributed by atoms with E-state index in [0.29, 0.717) is 148 Å². The number of piperazine rings is 3. The molecule has 7 heterocycles. The predicted molar refractivity (Wildman–Crippen MR) is 431 cm³/mol. The van der Waals surface area contributed by atoms with Crippen LogP contribution < -0.4 is 28.9 Å². The number of nitrogens with zero attached hydrogens (tertiary/aromatic N) is 12. The number of phenols is 1. The first-order chi connectivity index (χ1) is 53.5. The number of benzene rings is 5. The van der Waals surface area contributed by atoms with Crippen molar-refractivity contribution in [1.29, 1.82) is 0 Å². The van der Waals surface area contributed by atoms with E-state index in [0.717, 1.165) is 83.0 Å². The second-order valence-corrected chi connectivity index (χ2v) is 28.5.